The first-order valence-corrected chi connectivity index (χ1v) is 8.26. The summed E-state index contributed by atoms with van der Waals surface area (Å²) in [6, 6.07) is 7.97. The molecule has 0 spiro atoms. The zero-order valence-corrected chi connectivity index (χ0v) is 13.6. The average molecular weight is 340 g/mol. The molecule has 8 heteroatoms. The number of hydrogen-bond donors (Lipinski definition) is 0. The molecule has 0 atom stereocenters. The van der Waals surface area contributed by atoms with Gasteiger partial charge in [0.1, 0.15) is 18.2 Å². The minimum absolute atomic E-state index is 0.0314. The highest BCUT2D eigenvalue weighted by Gasteiger charge is 2.18. The van der Waals surface area contributed by atoms with Crippen LogP contribution in [0.2, 0.25) is 0 Å². The van der Waals surface area contributed by atoms with Crippen LogP contribution < -0.4 is 10.3 Å². The van der Waals surface area contributed by atoms with Crippen LogP contribution in [0.1, 0.15) is 0 Å². The molecule has 2 rings (SSSR count). The van der Waals surface area contributed by atoms with Crippen molar-refractivity contribution in [1.82, 2.24) is 8.87 Å². The van der Waals surface area contributed by atoms with Gasteiger partial charge in [-0.25, -0.2) is 17.1 Å². The van der Waals surface area contributed by atoms with E-state index < -0.39 is 10.0 Å². The van der Waals surface area contributed by atoms with Gasteiger partial charge in [0.25, 0.3) is 5.56 Å². The largest absolute Gasteiger partial charge is 0.492 e. The normalized spacial score (nSPS) is 11.7. The van der Waals surface area contributed by atoms with Crippen LogP contribution in [-0.4, -0.2) is 38.0 Å². The van der Waals surface area contributed by atoms with Crippen molar-refractivity contribution in [2.75, 3.05) is 20.7 Å². The van der Waals surface area contributed by atoms with Gasteiger partial charge >= 0.3 is 0 Å². The van der Waals surface area contributed by atoms with Crippen molar-refractivity contribution in [2.45, 2.75) is 11.4 Å². The Morgan fingerprint density at radius 1 is 1.13 bits per heavy atom. The molecule has 0 radical (unpaired) electrons. The Hall–Kier alpha value is -2.19. The fourth-order valence-electron chi connectivity index (χ4n) is 1.84. The van der Waals surface area contributed by atoms with Crippen molar-refractivity contribution in [2.24, 2.45) is 0 Å². The second-order valence-corrected chi connectivity index (χ2v) is 7.14. The van der Waals surface area contributed by atoms with Crippen LogP contribution in [0.5, 0.6) is 5.75 Å². The fraction of sp³-hybridized carbons (Fsp3) is 0.267. The molecule has 0 saturated heterocycles. The average Bonchev–Trinajstić information content (AvgIpc) is 2.50. The van der Waals surface area contributed by atoms with E-state index in [0.717, 1.165) is 4.31 Å². The Bertz CT molecular complexity index is 829. The molecule has 0 aliphatic heterocycles. The van der Waals surface area contributed by atoms with E-state index in [0.29, 0.717) is 5.75 Å². The third-order valence-corrected chi connectivity index (χ3v) is 4.95. The first-order valence-electron chi connectivity index (χ1n) is 6.82. The lowest BCUT2D eigenvalue weighted by atomic mass is 10.3. The molecule has 0 unspecified atom stereocenters. The third-order valence-electron chi connectivity index (χ3n) is 3.15. The maximum absolute atomic E-state index is 12.8. The molecule has 0 aliphatic carbocycles. The maximum atomic E-state index is 12.8. The number of aromatic nitrogens is 1. The summed E-state index contributed by atoms with van der Waals surface area (Å²) >= 11 is 0. The summed E-state index contributed by atoms with van der Waals surface area (Å²) in [6.07, 6.45) is 1.28. The minimum Gasteiger partial charge on any atom is -0.492 e. The lowest BCUT2D eigenvalue weighted by Gasteiger charge is -2.13. The summed E-state index contributed by atoms with van der Waals surface area (Å²) in [4.78, 5) is 11.8. The van der Waals surface area contributed by atoms with E-state index >= 15 is 0 Å². The molecule has 1 heterocycles. The van der Waals surface area contributed by atoms with Crippen LogP contribution in [-0.2, 0) is 16.6 Å². The molecule has 6 nitrogen and oxygen atoms in total. The second kappa shape index (κ2) is 6.93. The summed E-state index contributed by atoms with van der Waals surface area (Å²) < 4.78 is 44.7. The SMILES string of the molecule is CN(C)S(=O)(=O)c1ccc(=O)n(CCOc2ccc(F)cc2)c1. The van der Waals surface area contributed by atoms with Crippen molar-refractivity contribution in [3.63, 3.8) is 0 Å². The molecule has 0 fully saturated rings. The van der Waals surface area contributed by atoms with E-state index in [2.05, 4.69) is 0 Å². The molecule has 2 aromatic rings. The van der Waals surface area contributed by atoms with Crippen molar-refractivity contribution >= 4 is 10.0 Å². The lowest BCUT2D eigenvalue weighted by Crippen LogP contribution is -2.27. The van der Waals surface area contributed by atoms with Gasteiger partial charge in [0.15, 0.2) is 0 Å². The molecule has 23 heavy (non-hydrogen) atoms. The van der Waals surface area contributed by atoms with Crippen LogP contribution in [0.4, 0.5) is 4.39 Å². The molecule has 1 aromatic carbocycles. The Labute approximate surface area is 133 Å². The van der Waals surface area contributed by atoms with Gasteiger partial charge in [-0.3, -0.25) is 4.79 Å². The van der Waals surface area contributed by atoms with E-state index in [1.807, 2.05) is 0 Å². The number of ether oxygens (including phenoxy) is 1. The standard InChI is InChI=1S/C15H17FN2O4S/c1-17(2)23(20,21)14-7-8-15(19)18(11-14)9-10-22-13-5-3-12(16)4-6-13/h3-8,11H,9-10H2,1-2H3. The van der Waals surface area contributed by atoms with Gasteiger partial charge in [-0.15, -0.1) is 0 Å². The van der Waals surface area contributed by atoms with Crippen LogP contribution >= 0.6 is 0 Å². The number of rotatable bonds is 6. The Morgan fingerprint density at radius 2 is 1.78 bits per heavy atom. The van der Waals surface area contributed by atoms with Gasteiger partial charge in [0, 0.05) is 26.4 Å². The molecule has 0 bridgehead atoms. The minimum atomic E-state index is -3.61. The van der Waals surface area contributed by atoms with Crippen molar-refractivity contribution in [1.29, 1.82) is 0 Å². The maximum Gasteiger partial charge on any atom is 0.250 e. The van der Waals surface area contributed by atoms with E-state index in [1.54, 1.807) is 0 Å². The first kappa shape index (κ1) is 17.2. The predicted molar refractivity (Wildman–Crippen MR) is 83.5 cm³/mol. The quantitative estimate of drug-likeness (QED) is 0.795. The van der Waals surface area contributed by atoms with Gasteiger partial charge in [0.2, 0.25) is 10.0 Å². The number of hydrogen-bond acceptors (Lipinski definition) is 4. The van der Waals surface area contributed by atoms with Gasteiger partial charge < -0.3 is 9.30 Å². The highest BCUT2D eigenvalue weighted by Crippen LogP contribution is 2.12. The van der Waals surface area contributed by atoms with Crippen molar-refractivity contribution in [3.05, 3.63) is 58.8 Å². The Kier molecular flexibility index (Phi) is 5.17. The van der Waals surface area contributed by atoms with Gasteiger partial charge in [-0.05, 0) is 30.3 Å². The smallest absolute Gasteiger partial charge is 0.250 e. The van der Waals surface area contributed by atoms with E-state index in [-0.39, 0.29) is 29.4 Å². The van der Waals surface area contributed by atoms with Crippen molar-refractivity contribution < 1.29 is 17.5 Å². The molecule has 0 N–H and O–H groups in total. The highest BCUT2D eigenvalue weighted by molar-refractivity contribution is 7.89. The lowest BCUT2D eigenvalue weighted by molar-refractivity contribution is 0.295. The predicted octanol–water partition coefficient (Wildman–Crippen LogP) is 1.32. The number of benzene rings is 1. The fourth-order valence-corrected chi connectivity index (χ4v) is 2.76. The Morgan fingerprint density at radius 3 is 2.39 bits per heavy atom. The highest BCUT2D eigenvalue weighted by atomic mass is 32.2. The van der Waals surface area contributed by atoms with E-state index in [1.165, 1.54) is 61.3 Å². The van der Waals surface area contributed by atoms with E-state index in [9.17, 15) is 17.6 Å². The van der Waals surface area contributed by atoms with Crippen LogP contribution in [0.25, 0.3) is 0 Å². The summed E-state index contributed by atoms with van der Waals surface area (Å²) in [5.41, 5.74) is -0.328. The number of sulfonamides is 1. The molecular weight excluding hydrogens is 323 g/mol. The summed E-state index contributed by atoms with van der Waals surface area (Å²) in [6.45, 7) is 0.323. The number of pyridine rings is 1. The molecule has 0 aliphatic rings. The number of nitrogens with zero attached hydrogens (tertiary/aromatic N) is 2. The van der Waals surface area contributed by atoms with Gasteiger partial charge in [-0.2, -0.15) is 0 Å². The topological polar surface area (TPSA) is 68.6 Å². The summed E-state index contributed by atoms with van der Waals surface area (Å²) in [5, 5.41) is 0. The summed E-state index contributed by atoms with van der Waals surface area (Å²) in [7, 11) is -0.769. The molecule has 124 valence electrons. The van der Waals surface area contributed by atoms with Crippen LogP contribution in [0, 0.1) is 5.82 Å². The zero-order valence-electron chi connectivity index (χ0n) is 12.8. The van der Waals surface area contributed by atoms with Crippen LogP contribution in [0.3, 0.4) is 0 Å². The van der Waals surface area contributed by atoms with E-state index in [4.69, 9.17) is 4.74 Å². The molecule has 0 amide bonds. The zero-order chi connectivity index (χ0) is 17.0. The summed E-state index contributed by atoms with van der Waals surface area (Å²) in [5.74, 6) is 0.103. The molecular formula is C15H17FN2O4S. The van der Waals surface area contributed by atoms with Crippen LogP contribution in [0.15, 0.2) is 52.3 Å². The van der Waals surface area contributed by atoms with Crippen molar-refractivity contribution in [3.8, 4) is 5.75 Å². The molecule has 1 aromatic heterocycles. The first-order chi connectivity index (χ1) is 10.8. The van der Waals surface area contributed by atoms with Gasteiger partial charge in [0.05, 0.1) is 11.4 Å². The monoisotopic (exact) mass is 340 g/mol. The molecule has 0 saturated carbocycles. The third kappa shape index (κ3) is 4.17. The second-order valence-electron chi connectivity index (χ2n) is 4.99. The Balaban J connectivity index is 2.11. The number of halogens is 1. The van der Waals surface area contributed by atoms with Gasteiger partial charge in [-0.1, -0.05) is 0 Å².